The zero-order chi connectivity index (χ0) is 16.6. The molecule has 1 aromatic carbocycles. The van der Waals surface area contributed by atoms with Gasteiger partial charge in [0, 0.05) is 49.3 Å². The molecule has 0 bridgehead atoms. The van der Waals surface area contributed by atoms with E-state index in [1.165, 1.54) is 24.1 Å². The smallest absolute Gasteiger partial charge is 0.0684 e. The van der Waals surface area contributed by atoms with Crippen LogP contribution in [0.5, 0.6) is 0 Å². The molecular weight excluding hydrogens is 300 g/mol. The van der Waals surface area contributed by atoms with Gasteiger partial charge in [-0.15, -0.1) is 0 Å². The summed E-state index contributed by atoms with van der Waals surface area (Å²) in [5, 5.41) is 3.87. The van der Waals surface area contributed by atoms with Crippen molar-refractivity contribution in [2.24, 2.45) is 11.3 Å². The Morgan fingerprint density at radius 2 is 1.96 bits per heavy atom. The number of nitrogens with one attached hydrogen (secondary N) is 1. The van der Waals surface area contributed by atoms with Crippen LogP contribution in [0.4, 0.5) is 5.69 Å². The van der Waals surface area contributed by atoms with Crippen molar-refractivity contribution in [2.75, 3.05) is 37.8 Å². The third-order valence-electron chi connectivity index (χ3n) is 6.19. The molecule has 0 radical (unpaired) electrons. The first-order valence-corrected chi connectivity index (χ1v) is 9.43. The number of para-hydroxylation sites is 1. The molecule has 0 aromatic heterocycles. The minimum atomic E-state index is 0.235. The fourth-order valence-corrected chi connectivity index (χ4v) is 4.93. The van der Waals surface area contributed by atoms with E-state index in [-0.39, 0.29) is 5.41 Å². The van der Waals surface area contributed by atoms with E-state index in [9.17, 15) is 0 Å². The molecule has 1 saturated carbocycles. The minimum Gasteiger partial charge on any atom is -0.378 e. The van der Waals surface area contributed by atoms with Gasteiger partial charge in [0.05, 0.1) is 19.3 Å². The molecular formula is C20H30N2O2. The van der Waals surface area contributed by atoms with E-state index < -0.39 is 0 Å². The van der Waals surface area contributed by atoms with Crippen molar-refractivity contribution in [1.82, 2.24) is 5.32 Å². The average Bonchev–Trinajstić information content (AvgIpc) is 2.63. The molecule has 1 aliphatic carbocycles. The van der Waals surface area contributed by atoms with Crippen molar-refractivity contribution >= 4 is 5.69 Å². The zero-order valence-electron chi connectivity index (χ0n) is 15.0. The van der Waals surface area contributed by atoms with Gasteiger partial charge in [-0.3, -0.25) is 0 Å². The van der Waals surface area contributed by atoms with E-state index >= 15 is 0 Å². The fraction of sp³-hybridized carbons (Fsp3) is 0.700. The van der Waals surface area contributed by atoms with Crippen LogP contribution in [0.2, 0.25) is 0 Å². The highest BCUT2D eigenvalue weighted by atomic mass is 16.5. The first-order valence-electron chi connectivity index (χ1n) is 9.43. The van der Waals surface area contributed by atoms with Crippen LogP contribution >= 0.6 is 0 Å². The maximum absolute atomic E-state index is 6.03. The largest absolute Gasteiger partial charge is 0.378 e. The molecule has 0 spiro atoms. The number of nitrogens with zero attached hydrogens (tertiary/aromatic N) is 1. The van der Waals surface area contributed by atoms with Crippen LogP contribution in [0.25, 0.3) is 0 Å². The lowest BCUT2D eigenvalue weighted by atomic mass is 9.55. The molecule has 4 nitrogen and oxygen atoms in total. The maximum Gasteiger partial charge on any atom is 0.0684 e. The van der Waals surface area contributed by atoms with E-state index in [1.54, 1.807) is 0 Å². The second-order valence-corrected chi connectivity index (χ2v) is 8.01. The van der Waals surface area contributed by atoms with Gasteiger partial charge < -0.3 is 19.7 Å². The predicted molar refractivity (Wildman–Crippen MR) is 96.3 cm³/mol. The molecule has 4 rings (SSSR count). The van der Waals surface area contributed by atoms with Crippen LogP contribution < -0.4 is 10.2 Å². The Kier molecular flexibility index (Phi) is 4.54. The summed E-state index contributed by atoms with van der Waals surface area (Å²) < 4.78 is 11.5. The number of benzene rings is 1. The van der Waals surface area contributed by atoms with Gasteiger partial charge in [-0.1, -0.05) is 32.0 Å². The molecule has 1 N–H and O–H groups in total. The number of rotatable bonds is 4. The molecule has 24 heavy (non-hydrogen) atoms. The topological polar surface area (TPSA) is 33.7 Å². The number of morpholine rings is 1. The van der Waals surface area contributed by atoms with Crippen LogP contribution in [0.1, 0.15) is 32.3 Å². The van der Waals surface area contributed by atoms with Gasteiger partial charge in [0.2, 0.25) is 0 Å². The highest BCUT2D eigenvalue weighted by molar-refractivity contribution is 5.54. The van der Waals surface area contributed by atoms with Crippen molar-refractivity contribution in [3.63, 3.8) is 0 Å². The Morgan fingerprint density at radius 1 is 1.17 bits per heavy atom. The van der Waals surface area contributed by atoms with Gasteiger partial charge in [-0.25, -0.2) is 0 Å². The van der Waals surface area contributed by atoms with Crippen LogP contribution in [0.3, 0.4) is 0 Å². The van der Waals surface area contributed by atoms with E-state index in [2.05, 4.69) is 48.3 Å². The van der Waals surface area contributed by atoms with Gasteiger partial charge in [-0.2, -0.15) is 0 Å². The van der Waals surface area contributed by atoms with E-state index in [1.807, 2.05) is 0 Å². The Balaban J connectivity index is 1.44. The lowest BCUT2D eigenvalue weighted by Gasteiger charge is -2.60. The van der Waals surface area contributed by atoms with Crippen molar-refractivity contribution in [2.45, 2.75) is 45.4 Å². The molecule has 0 unspecified atom stereocenters. The van der Waals surface area contributed by atoms with Crippen molar-refractivity contribution in [3.05, 3.63) is 29.8 Å². The summed E-state index contributed by atoms with van der Waals surface area (Å²) in [6.45, 7) is 10.2. The Labute approximate surface area is 145 Å². The molecule has 2 aliphatic heterocycles. The van der Waals surface area contributed by atoms with E-state index in [4.69, 9.17) is 9.47 Å². The first kappa shape index (κ1) is 16.4. The maximum atomic E-state index is 6.03. The van der Waals surface area contributed by atoms with Crippen molar-refractivity contribution < 1.29 is 9.47 Å². The van der Waals surface area contributed by atoms with Gasteiger partial charge >= 0.3 is 0 Å². The number of hydrogen-bond acceptors (Lipinski definition) is 4. The van der Waals surface area contributed by atoms with Gasteiger partial charge in [0.25, 0.3) is 0 Å². The molecule has 3 aliphatic rings. The SMILES string of the molecule is CC1(C)[C@H](NCc2ccccc2N2CCOCC2)[C@@H]2CCCO[C@@H]21. The summed E-state index contributed by atoms with van der Waals surface area (Å²) in [5.74, 6) is 0.685. The molecule has 3 atom stereocenters. The van der Waals surface area contributed by atoms with Crippen LogP contribution in [-0.2, 0) is 16.0 Å². The summed E-state index contributed by atoms with van der Waals surface area (Å²) >= 11 is 0. The fourth-order valence-electron chi connectivity index (χ4n) is 4.93. The standard InChI is InChI=1S/C20H30N2O2/c1-20(2)18(16-7-5-11-24-19(16)20)21-14-15-6-3-4-8-17(15)22-9-12-23-13-10-22/h3-4,6,8,16,18-19,21H,5,7,9-14H2,1-2H3/t16-,18+,19-/m0/s1. The molecule has 3 fully saturated rings. The van der Waals surface area contributed by atoms with E-state index in [0.29, 0.717) is 18.1 Å². The molecule has 1 aromatic rings. The van der Waals surface area contributed by atoms with Crippen molar-refractivity contribution in [1.29, 1.82) is 0 Å². The second-order valence-electron chi connectivity index (χ2n) is 8.01. The number of anilines is 1. The number of fused-ring (bicyclic) bond motifs is 1. The number of hydrogen-bond donors (Lipinski definition) is 1. The summed E-state index contributed by atoms with van der Waals surface area (Å²) in [7, 11) is 0. The Hall–Kier alpha value is -1.10. The van der Waals surface area contributed by atoms with E-state index in [0.717, 1.165) is 39.5 Å². The van der Waals surface area contributed by atoms with Crippen LogP contribution in [-0.4, -0.2) is 45.1 Å². The monoisotopic (exact) mass is 330 g/mol. The van der Waals surface area contributed by atoms with Gasteiger partial charge in [-0.05, 0) is 24.5 Å². The highest BCUT2D eigenvalue weighted by Gasteiger charge is 2.57. The quantitative estimate of drug-likeness (QED) is 0.920. The van der Waals surface area contributed by atoms with Gasteiger partial charge in [0.1, 0.15) is 0 Å². The normalized spacial score (nSPS) is 32.1. The second kappa shape index (κ2) is 6.66. The zero-order valence-corrected chi connectivity index (χ0v) is 15.0. The third-order valence-corrected chi connectivity index (χ3v) is 6.19. The molecule has 0 amide bonds. The van der Waals surface area contributed by atoms with Crippen LogP contribution in [0, 0.1) is 11.3 Å². The molecule has 2 heterocycles. The molecule has 4 heteroatoms. The predicted octanol–water partition coefficient (Wildman–Crippen LogP) is 2.82. The summed E-state index contributed by atoms with van der Waals surface area (Å²) in [6, 6.07) is 9.37. The summed E-state index contributed by atoms with van der Waals surface area (Å²) in [4.78, 5) is 2.46. The molecule has 2 saturated heterocycles. The lowest BCUT2D eigenvalue weighted by Crippen LogP contribution is -2.69. The minimum absolute atomic E-state index is 0.235. The Bertz CT molecular complexity index is 569. The first-order chi connectivity index (χ1) is 11.7. The summed E-state index contributed by atoms with van der Waals surface area (Å²) in [5.41, 5.74) is 3.00. The number of ether oxygens (including phenoxy) is 2. The van der Waals surface area contributed by atoms with Crippen LogP contribution in [0.15, 0.2) is 24.3 Å². The lowest BCUT2D eigenvalue weighted by molar-refractivity contribution is -0.192. The molecule has 132 valence electrons. The van der Waals surface area contributed by atoms with Crippen molar-refractivity contribution in [3.8, 4) is 0 Å². The van der Waals surface area contributed by atoms with Gasteiger partial charge in [0.15, 0.2) is 0 Å². The Morgan fingerprint density at radius 3 is 2.79 bits per heavy atom. The highest BCUT2D eigenvalue weighted by Crippen LogP contribution is 2.51. The third kappa shape index (κ3) is 2.85. The summed E-state index contributed by atoms with van der Waals surface area (Å²) in [6.07, 6.45) is 2.95. The average molecular weight is 330 g/mol.